The summed E-state index contributed by atoms with van der Waals surface area (Å²) in [4.78, 5) is 26.6. The van der Waals surface area contributed by atoms with Gasteiger partial charge in [0.15, 0.2) is 0 Å². The van der Waals surface area contributed by atoms with Crippen LogP contribution in [0.4, 0.5) is 0 Å². The van der Waals surface area contributed by atoms with Crippen LogP contribution in [0.5, 0.6) is 0 Å². The molecule has 1 N–H and O–H groups in total. The molecule has 0 atom stereocenters. The standard InChI is InChI=1S/C17H16N4OS/c1-3-12-10(2)23-17-15(12)16(22)19-13(20-17)8-11-9-21-7-5-4-6-14(21)18-11/h4-7,9H,3,8H2,1-2H3,(H,19,20,22). The molecular formula is C17H16N4OS. The summed E-state index contributed by atoms with van der Waals surface area (Å²) in [7, 11) is 0. The fourth-order valence-corrected chi connectivity index (χ4v) is 4.11. The molecule has 0 spiro atoms. The third kappa shape index (κ3) is 2.35. The van der Waals surface area contributed by atoms with E-state index >= 15 is 0 Å². The Morgan fingerprint density at radius 3 is 2.96 bits per heavy atom. The zero-order valence-corrected chi connectivity index (χ0v) is 13.8. The number of aromatic amines is 1. The number of H-pyrrole nitrogens is 1. The van der Waals surface area contributed by atoms with Crippen LogP contribution in [-0.2, 0) is 12.8 Å². The predicted molar refractivity (Wildman–Crippen MR) is 92.4 cm³/mol. The zero-order valence-electron chi connectivity index (χ0n) is 13.0. The van der Waals surface area contributed by atoms with Crippen molar-refractivity contribution in [2.24, 2.45) is 0 Å². The molecule has 4 rings (SSSR count). The molecule has 0 fully saturated rings. The molecule has 5 nitrogen and oxygen atoms in total. The van der Waals surface area contributed by atoms with Gasteiger partial charge in [0.05, 0.1) is 11.1 Å². The summed E-state index contributed by atoms with van der Waals surface area (Å²) < 4.78 is 1.97. The van der Waals surface area contributed by atoms with Crippen molar-refractivity contribution >= 4 is 27.2 Å². The molecule has 6 heteroatoms. The zero-order chi connectivity index (χ0) is 16.0. The Labute approximate surface area is 136 Å². The highest BCUT2D eigenvalue weighted by molar-refractivity contribution is 7.18. The van der Waals surface area contributed by atoms with Gasteiger partial charge in [0.2, 0.25) is 0 Å². The minimum absolute atomic E-state index is 0.0463. The van der Waals surface area contributed by atoms with Gasteiger partial charge in [0, 0.05) is 23.7 Å². The molecule has 0 aliphatic heterocycles. The van der Waals surface area contributed by atoms with E-state index in [1.54, 1.807) is 11.3 Å². The molecule has 0 saturated carbocycles. The molecule has 0 aromatic carbocycles. The summed E-state index contributed by atoms with van der Waals surface area (Å²) in [6.45, 7) is 4.12. The van der Waals surface area contributed by atoms with Crippen molar-refractivity contribution in [1.82, 2.24) is 19.4 Å². The van der Waals surface area contributed by atoms with E-state index in [9.17, 15) is 4.79 Å². The van der Waals surface area contributed by atoms with Crippen LogP contribution >= 0.6 is 11.3 Å². The lowest BCUT2D eigenvalue weighted by atomic mass is 10.1. The smallest absolute Gasteiger partial charge is 0.259 e. The lowest BCUT2D eigenvalue weighted by molar-refractivity contribution is 0.952. The summed E-state index contributed by atoms with van der Waals surface area (Å²) in [5.74, 6) is 0.662. The Morgan fingerprint density at radius 2 is 2.17 bits per heavy atom. The second-order valence-electron chi connectivity index (χ2n) is 5.56. The Hall–Kier alpha value is -2.47. The number of hydrogen-bond acceptors (Lipinski definition) is 4. The number of hydrogen-bond donors (Lipinski definition) is 1. The minimum atomic E-state index is -0.0463. The largest absolute Gasteiger partial charge is 0.310 e. The van der Waals surface area contributed by atoms with E-state index in [1.807, 2.05) is 41.9 Å². The van der Waals surface area contributed by atoms with Gasteiger partial charge in [0.1, 0.15) is 16.3 Å². The van der Waals surface area contributed by atoms with Gasteiger partial charge in [-0.1, -0.05) is 13.0 Å². The molecular weight excluding hydrogens is 308 g/mol. The number of thiophene rings is 1. The van der Waals surface area contributed by atoms with Gasteiger partial charge in [0.25, 0.3) is 5.56 Å². The fraction of sp³-hybridized carbons (Fsp3) is 0.235. The number of fused-ring (bicyclic) bond motifs is 2. The summed E-state index contributed by atoms with van der Waals surface area (Å²) in [6.07, 6.45) is 5.30. The first-order valence-corrected chi connectivity index (χ1v) is 8.41. The van der Waals surface area contributed by atoms with Crippen LogP contribution in [0.1, 0.15) is 28.9 Å². The van der Waals surface area contributed by atoms with Crippen LogP contribution in [0.15, 0.2) is 35.4 Å². The second-order valence-corrected chi connectivity index (χ2v) is 6.76. The van der Waals surface area contributed by atoms with E-state index in [1.165, 1.54) is 4.88 Å². The quantitative estimate of drug-likeness (QED) is 0.630. The van der Waals surface area contributed by atoms with E-state index in [0.29, 0.717) is 12.2 Å². The third-order valence-corrected chi connectivity index (χ3v) is 5.07. The molecule has 0 aliphatic carbocycles. The van der Waals surface area contributed by atoms with Crippen molar-refractivity contribution in [3.8, 4) is 0 Å². The lowest BCUT2D eigenvalue weighted by Crippen LogP contribution is -2.12. The Morgan fingerprint density at radius 1 is 1.30 bits per heavy atom. The predicted octanol–water partition coefficient (Wildman–Crippen LogP) is 3.09. The fourth-order valence-electron chi connectivity index (χ4n) is 2.97. The van der Waals surface area contributed by atoms with Crippen LogP contribution in [0.3, 0.4) is 0 Å². The van der Waals surface area contributed by atoms with Crippen LogP contribution < -0.4 is 5.56 Å². The maximum absolute atomic E-state index is 12.4. The van der Waals surface area contributed by atoms with Gasteiger partial charge in [-0.05, 0) is 31.0 Å². The Bertz CT molecular complexity index is 1040. The van der Waals surface area contributed by atoms with Crippen molar-refractivity contribution < 1.29 is 0 Å². The van der Waals surface area contributed by atoms with E-state index in [-0.39, 0.29) is 5.56 Å². The number of rotatable bonds is 3. The van der Waals surface area contributed by atoms with Gasteiger partial charge in [-0.2, -0.15) is 0 Å². The lowest BCUT2D eigenvalue weighted by Gasteiger charge is -1.99. The summed E-state index contributed by atoms with van der Waals surface area (Å²) in [5, 5.41) is 0.744. The molecule has 0 unspecified atom stereocenters. The summed E-state index contributed by atoms with van der Waals surface area (Å²) >= 11 is 1.59. The van der Waals surface area contributed by atoms with Gasteiger partial charge < -0.3 is 9.38 Å². The molecule has 4 aromatic heterocycles. The topological polar surface area (TPSA) is 63.1 Å². The normalized spacial score (nSPS) is 11.6. The SMILES string of the molecule is CCc1c(C)sc2nc(Cc3cn4ccccc4n3)[nH]c(=O)c12. The van der Waals surface area contributed by atoms with Crippen LogP contribution in [-0.4, -0.2) is 19.4 Å². The van der Waals surface area contributed by atoms with Crippen molar-refractivity contribution in [1.29, 1.82) is 0 Å². The molecule has 4 aromatic rings. The molecule has 4 heterocycles. The van der Waals surface area contributed by atoms with Gasteiger partial charge in [-0.15, -0.1) is 11.3 Å². The highest BCUT2D eigenvalue weighted by atomic mass is 32.1. The molecule has 116 valence electrons. The first kappa shape index (κ1) is 14.1. The van der Waals surface area contributed by atoms with Crippen molar-refractivity contribution in [3.05, 3.63) is 62.9 Å². The molecule has 0 radical (unpaired) electrons. The molecule has 0 saturated heterocycles. The average Bonchev–Trinajstić information content (AvgIpc) is 3.06. The number of nitrogens with one attached hydrogen (secondary N) is 1. The number of imidazole rings is 1. The number of aryl methyl sites for hydroxylation is 2. The first-order valence-electron chi connectivity index (χ1n) is 7.59. The molecule has 0 bridgehead atoms. The van der Waals surface area contributed by atoms with Crippen LogP contribution in [0.25, 0.3) is 15.9 Å². The van der Waals surface area contributed by atoms with Crippen molar-refractivity contribution in [2.75, 3.05) is 0 Å². The van der Waals surface area contributed by atoms with E-state index in [0.717, 1.165) is 33.5 Å². The molecule has 0 aliphatic rings. The highest BCUT2D eigenvalue weighted by Gasteiger charge is 2.14. The van der Waals surface area contributed by atoms with Gasteiger partial charge in [-0.3, -0.25) is 4.79 Å². The summed E-state index contributed by atoms with van der Waals surface area (Å²) in [5.41, 5.74) is 2.85. The number of aromatic nitrogens is 4. The Kier molecular flexibility index (Phi) is 3.27. The van der Waals surface area contributed by atoms with Gasteiger partial charge >= 0.3 is 0 Å². The van der Waals surface area contributed by atoms with E-state index in [4.69, 9.17) is 0 Å². The third-order valence-electron chi connectivity index (χ3n) is 4.03. The number of pyridine rings is 1. The van der Waals surface area contributed by atoms with Crippen molar-refractivity contribution in [3.63, 3.8) is 0 Å². The molecule has 23 heavy (non-hydrogen) atoms. The first-order chi connectivity index (χ1) is 11.2. The maximum Gasteiger partial charge on any atom is 0.259 e. The number of nitrogens with zero attached hydrogens (tertiary/aromatic N) is 3. The maximum atomic E-state index is 12.4. The van der Waals surface area contributed by atoms with Crippen LogP contribution in [0.2, 0.25) is 0 Å². The Balaban J connectivity index is 1.78. The average molecular weight is 324 g/mol. The highest BCUT2D eigenvalue weighted by Crippen LogP contribution is 2.27. The second kappa shape index (κ2) is 5.31. The van der Waals surface area contributed by atoms with E-state index < -0.39 is 0 Å². The van der Waals surface area contributed by atoms with Gasteiger partial charge in [-0.25, -0.2) is 9.97 Å². The summed E-state index contributed by atoms with van der Waals surface area (Å²) in [6, 6.07) is 5.88. The minimum Gasteiger partial charge on any atom is -0.310 e. The molecule has 0 amide bonds. The van der Waals surface area contributed by atoms with Crippen LogP contribution in [0, 0.1) is 6.92 Å². The monoisotopic (exact) mass is 324 g/mol. The van der Waals surface area contributed by atoms with Crippen molar-refractivity contribution in [2.45, 2.75) is 26.7 Å². The van der Waals surface area contributed by atoms with E-state index in [2.05, 4.69) is 21.9 Å².